The van der Waals surface area contributed by atoms with E-state index in [9.17, 15) is 5.26 Å². The zero-order valence-corrected chi connectivity index (χ0v) is 18.6. The molecular formula is C27H24N4O2. The third-order valence-corrected chi connectivity index (χ3v) is 5.18. The molecule has 3 aromatic carbocycles. The molecule has 4 aromatic rings. The van der Waals surface area contributed by atoms with Gasteiger partial charge in [0.05, 0.1) is 12.8 Å². The minimum absolute atomic E-state index is 0.338. The van der Waals surface area contributed by atoms with Crippen LogP contribution in [-0.2, 0) is 18.0 Å². The molecule has 0 saturated carbocycles. The van der Waals surface area contributed by atoms with E-state index in [1.54, 1.807) is 13.3 Å². The SMILES string of the molecule is COCc1cc(C)nc(N/N=C\c2ccc(OCc3cccc4ccccc34)cc2)c1C#N. The number of hydrogen-bond acceptors (Lipinski definition) is 6. The summed E-state index contributed by atoms with van der Waals surface area (Å²) >= 11 is 0. The highest BCUT2D eigenvalue weighted by Gasteiger charge is 2.10. The van der Waals surface area contributed by atoms with Crippen LogP contribution >= 0.6 is 0 Å². The van der Waals surface area contributed by atoms with Crippen molar-refractivity contribution >= 4 is 22.8 Å². The molecule has 0 aliphatic carbocycles. The van der Waals surface area contributed by atoms with E-state index in [2.05, 4.69) is 45.8 Å². The van der Waals surface area contributed by atoms with Crippen molar-refractivity contribution in [2.45, 2.75) is 20.1 Å². The predicted octanol–water partition coefficient (Wildman–Crippen LogP) is 5.59. The molecule has 164 valence electrons. The molecule has 4 rings (SSSR count). The lowest BCUT2D eigenvalue weighted by Gasteiger charge is -2.10. The Balaban J connectivity index is 1.40. The van der Waals surface area contributed by atoms with Crippen molar-refractivity contribution in [3.63, 3.8) is 0 Å². The number of fused-ring (bicyclic) bond motifs is 1. The van der Waals surface area contributed by atoms with Crippen LogP contribution in [0.15, 0.2) is 77.9 Å². The lowest BCUT2D eigenvalue weighted by molar-refractivity contribution is 0.184. The number of aryl methyl sites for hydroxylation is 1. The van der Waals surface area contributed by atoms with Gasteiger partial charge in [-0.15, -0.1) is 0 Å². The third kappa shape index (κ3) is 5.35. The number of methoxy groups -OCH3 is 1. The minimum atomic E-state index is 0.338. The first kappa shape index (κ1) is 22.0. The molecule has 6 heteroatoms. The van der Waals surface area contributed by atoms with Crippen LogP contribution in [-0.4, -0.2) is 18.3 Å². The lowest BCUT2D eigenvalue weighted by atomic mass is 10.1. The van der Waals surface area contributed by atoms with Gasteiger partial charge in [0.2, 0.25) is 0 Å². The van der Waals surface area contributed by atoms with Crippen molar-refractivity contribution in [1.29, 1.82) is 5.26 Å². The van der Waals surface area contributed by atoms with Gasteiger partial charge in [0.1, 0.15) is 24.0 Å². The topological polar surface area (TPSA) is 79.5 Å². The number of benzene rings is 3. The fraction of sp³-hybridized carbons (Fsp3) is 0.148. The summed E-state index contributed by atoms with van der Waals surface area (Å²) in [5.41, 5.74) is 6.91. The molecule has 1 aromatic heterocycles. The number of aromatic nitrogens is 1. The maximum atomic E-state index is 9.50. The Kier molecular flexibility index (Phi) is 6.93. The Morgan fingerprint density at radius 2 is 1.79 bits per heavy atom. The maximum Gasteiger partial charge on any atom is 0.164 e. The first-order valence-electron chi connectivity index (χ1n) is 10.6. The van der Waals surface area contributed by atoms with Gasteiger partial charge in [-0.25, -0.2) is 4.98 Å². The number of nitrogens with one attached hydrogen (secondary N) is 1. The Bertz CT molecular complexity index is 1320. The van der Waals surface area contributed by atoms with Crippen molar-refractivity contribution in [2.24, 2.45) is 5.10 Å². The van der Waals surface area contributed by atoms with Gasteiger partial charge in [-0.2, -0.15) is 10.4 Å². The van der Waals surface area contributed by atoms with Crippen LogP contribution in [0.4, 0.5) is 5.82 Å². The van der Waals surface area contributed by atoms with Gasteiger partial charge in [0, 0.05) is 18.4 Å². The summed E-state index contributed by atoms with van der Waals surface area (Å²) in [6.07, 6.45) is 1.68. The first-order chi connectivity index (χ1) is 16.2. The molecule has 0 saturated heterocycles. The normalized spacial score (nSPS) is 10.9. The number of hydrazone groups is 1. The van der Waals surface area contributed by atoms with Crippen LogP contribution in [0.1, 0.15) is 27.9 Å². The van der Waals surface area contributed by atoms with E-state index in [4.69, 9.17) is 9.47 Å². The number of rotatable bonds is 8. The van der Waals surface area contributed by atoms with Gasteiger partial charge in [-0.05, 0) is 59.2 Å². The van der Waals surface area contributed by atoms with E-state index in [0.29, 0.717) is 24.6 Å². The molecule has 1 N–H and O–H groups in total. The summed E-state index contributed by atoms with van der Waals surface area (Å²) in [6, 6.07) is 26.2. The van der Waals surface area contributed by atoms with Crippen molar-refractivity contribution in [3.8, 4) is 11.8 Å². The highest BCUT2D eigenvalue weighted by atomic mass is 16.5. The highest BCUT2D eigenvalue weighted by molar-refractivity contribution is 5.85. The largest absolute Gasteiger partial charge is 0.489 e. The minimum Gasteiger partial charge on any atom is -0.489 e. The van der Waals surface area contributed by atoms with Crippen LogP contribution in [0.5, 0.6) is 5.75 Å². The number of anilines is 1. The standard InChI is InChI=1S/C27H24N4O2/c1-19-14-23(17-32-2)26(15-28)27(30-19)31-29-16-20-10-12-24(13-11-20)33-18-22-8-5-7-21-6-3-4-9-25(21)22/h3-14,16H,17-18H2,1-2H3,(H,30,31)/b29-16-. The molecular weight excluding hydrogens is 412 g/mol. The average Bonchev–Trinajstić information content (AvgIpc) is 2.83. The fourth-order valence-electron chi connectivity index (χ4n) is 3.61. The molecule has 1 heterocycles. The summed E-state index contributed by atoms with van der Waals surface area (Å²) in [5.74, 6) is 1.19. The van der Waals surface area contributed by atoms with Gasteiger partial charge in [0.15, 0.2) is 5.82 Å². The van der Waals surface area contributed by atoms with E-state index < -0.39 is 0 Å². The zero-order chi connectivity index (χ0) is 23.0. The van der Waals surface area contributed by atoms with E-state index in [1.807, 2.05) is 55.5 Å². The molecule has 0 fully saturated rings. The van der Waals surface area contributed by atoms with Crippen molar-refractivity contribution in [2.75, 3.05) is 12.5 Å². The second-order valence-corrected chi connectivity index (χ2v) is 7.56. The maximum absolute atomic E-state index is 9.50. The monoisotopic (exact) mass is 436 g/mol. The van der Waals surface area contributed by atoms with E-state index in [0.717, 1.165) is 28.1 Å². The van der Waals surface area contributed by atoms with Crippen LogP contribution in [0, 0.1) is 18.3 Å². The number of nitrogens with zero attached hydrogens (tertiary/aromatic N) is 3. The molecule has 0 aliphatic rings. The predicted molar refractivity (Wildman–Crippen MR) is 130 cm³/mol. The van der Waals surface area contributed by atoms with Gasteiger partial charge in [-0.3, -0.25) is 5.43 Å². The molecule has 0 bridgehead atoms. The molecule has 0 spiro atoms. The Labute approximate surface area is 193 Å². The average molecular weight is 437 g/mol. The van der Waals surface area contributed by atoms with Crippen LogP contribution in [0.2, 0.25) is 0 Å². The van der Waals surface area contributed by atoms with Crippen LogP contribution < -0.4 is 10.2 Å². The van der Waals surface area contributed by atoms with E-state index >= 15 is 0 Å². The van der Waals surface area contributed by atoms with Crippen LogP contribution in [0.25, 0.3) is 10.8 Å². The second kappa shape index (κ2) is 10.4. The lowest BCUT2D eigenvalue weighted by Crippen LogP contribution is -2.03. The number of hydrogen-bond donors (Lipinski definition) is 1. The van der Waals surface area contributed by atoms with Crippen molar-refractivity contribution in [3.05, 3.63) is 101 Å². The van der Waals surface area contributed by atoms with Gasteiger partial charge in [0.25, 0.3) is 0 Å². The summed E-state index contributed by atoms with van der Waals surface area (Å²) in [4.78, 5) is 4.38. The molecule has 0 amide bonds. The third-order valence-electron chi connectivity index (χ3n) is 5.18. The molecule has 33 heavy (non-hydrogen) atoms. The smallest absolute Gasteiger partial charge is 0.164 e. The Morgan fingerprint density at radius 3 is 2.58 bits per heavy atom. The molecule has 6 nitrogen and oxygen atoms in total. The quantitative estimate of drug-likeness (QED) is 0.288. The van der Waals surface area contributed by atoms with Gasteiger partial charge < -0.3 is 9.47 Å². The number of pyridine rings is 1. The second-order valence-electron chi connectivity index (χ2n) is 7.56. The first-order valence-corrected chi connectivity index (χ1v) is 10.6. The number of nitriles is 1. The van der Waals surface area contributed by atoms with Crippen molar-refractivity contribution < 1.29 is 9.47 Å². The van der Waals surface area contributed by atoms with Crippen molar-refractivity contribution in [1.82, 2.24) is 4.98 Å². The highest BCUT2D eigenvalue weighted by Crippen LogP contribution is 2.21. The van der Waals surface area contributed by atoms with Crippen LogP contribution in [0.3, 0.4) is 0 Å². The zero-order valence-electron chi connectivity index (χ0n) is 18.6. The Hall–Kier alpha value is -4.21. The molecule has 0 radical (unpaired) electrons. The molecule has 0 aliphatic heterocycles. The van der Waals surface area contributed by atoms with Gasteiger partial charge >= 0.3 is 0 Å². The summed E-state index contributed by atoms with van der Waals surface area (Å²) in [7, 11) is 1.59. The molecule has 0 atom stereocenters. The summed E-state index contributed by atoms with van der Waals surface area (Å²) in [6.45, 7) is 2.70. The molecule has 0 unspecified atom stereocenters. The van der Waals surface area contributed by atoms with E-state index in [1.165, 1.54) is 10.8 Å². The Morgan fingerprint density at radius 1 is 1.00 bits per heavy atom. The van der Waals surface area contributed by atoms with E-state index in [-0.39, 0.29) is 0 Å². The fourth-order valence-corrected chi connectivity index (χ4v) is 3.61. The summed E-state index contributed by atoms with van der Waals surface area (Å²) < 4.78 is 11.2. The van der Waals surface area contributed by atoms with Gasteiger partial charge in [-0.1, -0.05) is 42.5 Å². The summed E-state index contributed by atoms with van der Waals surface area (Å²) in [5, 5.41) is 16.2. The number of ether oxygens (including phenoxy) is 2.